The number of phenols is 1. The number of benzene rings is 4. The first-order valence-corrected chi connectivity index (χ1v) is 24.7. The molecule has 9 N–H and O–H groups in total. The summed E-state index contributed by atoms with van der Waals surface area (Å²) in [5, 5.41) is 29.7. The zero-order chi connectivity index (χ0) is 43.7. The molecular weight excluding hydrogens is 1120 g/mol. The van der Waals surface area contributed by atoms with E-state index in [2.05, 4.69) is 94.8 Å². The molecule has 22 nitrogen and oxygen atoms in total. The second kappa shape index (κ2) is 18.0. The Hall–Kier alpha value is -3.56. The minimum atomic E-state index is -5.44. The maximum absolute atomic E-state index is 12.6. The van der Waals surface area contributed by atoms with Crippen molar-refractivity contribution >= 4 is 167 Å². The van der Waals surface area contributed by atoms with Crippen molar-refractivity contribution in [2.45, 2.75) is 29.2 Å². The highest BCUT2D eigenvalue weighted by Gasteiger charge is 2.29. The second-order valence-corrected chi connectivity index (χ2v) is 20.3. The minimum Gasteiger partial charge on any atom is -0.505 e. The second-order valence-electron chi connectivity index (χ2n) is 11.2. The molecule has 0 aliphatic rings. The number of alkyl halides is 4. The van der Waals surface area contributed by atoms with Crippen molar-refractivity contribution in [2.24, 2.45) is 20.5 Å². The first-order valence-electron chi connectivity index (χ1n) is 14.8. The summed E-state index contributed by atoms with van der Waals surface area (Å²) in [5.41, 5.74) is 1.43. The summed E-state index contributed by atoms with van der Waals surface area (Å²) in [7, 11) is -21.0. The van der Waals surface area contributed by atoms with Crippen LogP contribution in [0.25, 0.3) is 10.8 Å². The zero-order valence-corrected chi connectivity index (χ0v) is 37.6. The molecule has 2 atom stereocenters. The number of nitrogens with one attached hydrogen (secondary N) is 2. The van der Waals surface area contributed by atoms with Crippen LogP contribution in [-0.4, -0.2) is 89.1 Å². The van der Waals surface area contributed by atoms with Gasteiger partial charge in [-0.05, 0) is 53.9 Å². The summed E-state index contributed by atoms with van der Waals surface area (Å²) >= 11 is 12.4. The van der Waals surface area contributed by atoms with E-state index in [-0.39, 0.29) is 22.0 Å². The topological polar surface area (TPSA) is 371 Å². The van der Waals surface area contributed by atoms with Gasteiger partial charge >= 0.3 is 0 Å². The Morgan fingerprint density at radius 2 is 0.966 bits per heavy atom. The molecule has 312 valence electrons. The molecule has 4 rings (SSSR count). The number of hydrogen-bond acceptors (Lipinski definition) is 16. The fourth-order valence-corrected chi connectivity index (χ4v) is 8.03. The number of rotatable bonds is 14. The molecule has 0 spiro atoms. The van der Waals surface area contributed by atoms with Gasteiger partial charge in [0.2, 0.25) is 11.8 Å². The summed E-state index contributed by atoms with van der Waals surface area (Å²) in [5.74, 6) is -2.53. The third-order valence-corrected chi connectivity index (χ3v) is 15.3. The highest BCUT2D eigenvalue weighted by atomic mass is 79.9. The lowest BCUT2D eigenvalue weighted by molar-refractivity contribution is -0.116. The molecule has 4 aromatic carbocycles. The predicted octanol–water partition coefficient (Wildman–Crippen LogP) is 6.14. The molecule has 2 amide bonds. The highest BCUT2D eigenvalue weighted by Crippen LogP contribution is 2.48. The van der Waals surface area contributed by atoms with Crippen molar-refractivity contribution in [3.8, 4) is 5.75 Å². The van der Waals surface area contributed by atoms with Gasteiger partial charge in [-0.3, -0.25) is 27.8 Å². The Kier molecular flexibility index (Phi) is 14.6. The van der Waals surface area contributed by atoms with Crippen LogP contribution < -0.4 is 16.4 Å². The van der Waals surface area contributed by atoms with E-state index in [9.17, 15) is 66.6 Å². The van der Waals surface area contributed by atoms with Crippen LogP contribution in [0.2, 0.25) is 0 Å². The lowest BCUT2D eigenvalue weighted by atomic mass is 10.1. The van der Waals surface area contributed by atoms with Crippen molar-refractivity contribution in [3.63, 3.8) is 0 Å². The maximum Gasteiger partial charge on any atom is 0.296 e. The van der Waals surface area contributed by atoms with Gasteiger partial charge in [0.1, 0.15) is 52.0 Å². The predicted molar refractivity (Wildman–Crippen MR) is 221 cm³/mol. The first kappa shape index (κ1) is 47.1. The quantitative estimate of drug-likeness (QED) is 0.0304. The van der Waals surface area contributed by atoms with E-state index in [4.69, 9.17) is 5.73 Å². The molecule has 30 heteroatoms. The monoisotopic (exact) mass is 1140 g/mol. The van der Waals surface area contributed by atoms with Gasteiger partial charge in [-0.15, -0.1) is 20.5 Å². The van der Waals surface area contributed by atoms with Crippen LogP contribution in [0.4, 0.5) is 39.8 Å². The number of carbonyl (C=O) groups is 2. The third kappa shape index (κ3) is 11.0. The minimum absolute atomic E-state index is 0.0973. The Morgan fingerprint density at radius 3 is 1.33 bits per heavy atom. The SMILES string of the molecule is Nc1c(/N=N/c2cc(NC(=O)C(Br)CBr)ccc2S(=O)(=O)O)c(S(=O)(=O)O)cc2cc(S(=O)(=O)O)c(/N=N/c3cc(NC(=O)C(Br)CBr)ccc3S(=O)(=O)O)c(O)c12. The van der Waals surface area contributed by atoms with E-state index in [0.717, 1.165) is 36.4 Å². The number of halogens is 4. The number of nitrogen functional groups attached to an aromatic ring is 1. The summed E-state index contributed by atoms with van der Waals surface area (Å²) in [6.07, 6.45) is 0. The van der Waals surface area contributed by atoms with Crippen molar-refractivity contribution in [2.75, 3.05) is 27.0 Å². The van der Waals surface area contributed by atoms with Crippen LogP contribution in [0.3, 0.4) is 0 Å². The van der Waals surface area contributed by atoms with E-state index in [1.807, 2.05) is 0 Å². The molecular formula is C28H23Br4N7O15S4. The van der Waals surface area contributed by atoms with Gasteiger partial charge in [0.05, 0.1) is 11.1 Å². The fourth-order valence-electron chi connectivity index (χ4n) is 4.68. The normalized spacial score (nSPS) is 13.9. The van der Waals surface area contributed by atoms with Gasteiger partial charge in [-0.2, -0.15) is 33.7 Å². The van der Waals surface area contributed by atoms with Gasteiger partial charge in [-0.1, -0.05) is 63.7 Å². The average molecular weight is 1150 g/mol. The van der Waals surface area contributed by atoms with E-state index < -0.39 is 126 Å². The Morgan fingerprint density at radius 1 is 0.603 bits per heavy atom. The molecule has 0 aromatic heterocycles. The Balaban J connectivity index is 2.02. The van der Waals surface area contributed by atoms with Gasteiger partial charge in [-0.25, -0.2) is 0 Å². The number of amides is 2. The maximum atomic E-state index is 12.6. The van der Waals surface area contributed by atoms with Crippen molar-refractivity contribution in [1.82, 2.24) is 0 Å². The Labute approximate surface area is 361 Å². The van der Waals surface area contributed by atoms with Crippen LogP contribution in [-0.2, 0) is 50.1 Å². The molecule has 0 radical (unpaired) electrons. The number of fused-ring (bicyclic) bond motifs is 1. The number of nitrogens with two attached hydrogens (primary N) is 1. The lowest BCUT2D eigenvalue weighted by Gasteiger charge is -2.14. The van der Waals surface area contributed by atoms with Gasteiger partial charge < -0.3 is 21.5 Å². The number of anilines is 3. The van der Waals surface area contributed by atoms with Crippen LogP contribution in [0.5, 0.6) is 5.75 Å². The number of hydrogen-bond donors (Lipinski definition) is 8. The summed E-state index contributed by atoms with van der Waals surface area (Å²) in [6.45, 7) is 0. The van der Waals surface area contributed by atoms with Crippen LogP contribution in [0, 0.1) is 0 Å². The summed E-state index contributed by atoms with van der Waals surface area (Å²) in [4.78, 5) is 18.9. The van der Waals surface area contributed by atoms with E-state index in [1.54, 1.807) is 0 Å². The van der Waals surface area contributed by atoms with Gasteiger partial charge in [0.15, 0.2) is 5.75 Å². The average Bonchev–Trinajstić information content (AvgIpc) is 3.11. The molecule has 0 aliphatic heterocycles. The van der Waals surface area contributed by atoms with Crippen LogP contribution in [0.1, 0.15) is 0 Å². The molecule has 58 heavy (non-hydrogen) atoms. The number of carbonyl (C=O) groups excluding carboxylic acids is 2. The standard InChI is InChI=1S/C28H23Br4N7O15S4/c29-9-14(31)27(41)34-12-1-3-18(55(43,44)45)16(7-12)36-38-24-20(57(49,50)51)5-11-6-21(58(52,53)54)25(26(40)22(11)23(24)33)39-37-17-8-13(35-28(42)15(32)10-30)2-4-19(17)56(46,47)48/h1-8,14-15,40H,9-10,33H2,(H,34,41)(H,35,42)(H,43,44,45)(H,46,47,48)(H,49,50,51)(H,52,53,54)/b38-36+,39-37+. The molecule has 2 unspecified atom stereocenters. The van der Waals surface area contributed by atoms with Crippen LogP contribution in [0.15, 0.2) is 88.6 Å². The number of phenolic OH excluding ortho intramolecular Hbond substituents is 1. The third-order valence-electron chi connectivity index (χ3n) is 7.23. The van der Waals surface area contributed by atoms with Gasteiger partial charge in [0.25, 0.3) is 40.5 Å². The highest BCUT2D eigenvalue weighted by molar-refractivity contribution is 9.12. The molecule has 0 saturated carbocycles. The van der Waals surface area contributed by atoms with Crippen molar-refractivity contribution in [3.05, 3.63) is 48.5 Å². The van der Waals surface area contributed by atoms with E-state index in [1.165, 1.54) is 0 Å². The zero-order valence-electron chi connectivity index (χ0n) is 28.0. The van der Waals surface area contributed by atoms with Gasteiger partial charge in [0, 0.05) is 22.0 Å². The van der Waals surface area contributed by atoms with Crippen molar-refractivity contribution < 1.29 is 66.6 Å². The van der Waals surface area contributed by atoms with E-state index in [0.29, 0.717) is 12.1 Å². The molecule has 0 heterocycles. The number of azo groups is 2. The van der Waals surface area contributed by atoms with E-state index >= 15 is 0 Å². The Bertz CT molecular complexity index is 2690. The summed E-state index contributed by atoms with van der Waals surface area (Å²) in [6, 6.07) is 6.56. The molecule has 0 bridgehead atoms. The first-order chi connectivity index (χ1) is 26.7. The molecule has 0 saturated heterocycles. The van der Waals surface area contributed by atoms with Crippen LogP contribution >= 0.6 is 63.7 Å². The fraction of sp³-hybridized carbons (Fsp3) is 0.143. The number of aromatic hydroxyl groups is 1. The number of nitrogens with zero attached hydrogens (tertiary/aromatic N) is 4. The molecule has 0 fully saturated rings. The lowest BCUT2D eigenvalue weighted by Crippen LogP contribution is -2.23. The largest absolute Gasteiger partial charge is 0.505 e. The molecule has 0 aliphatic carbocycles. The summed E-state index contributed by atoms with van der Waals surface area (Å²) < 4.78 is 139. The van der Waals surface area contributed by atoms with Crippen molar-refractivity contribution in [1.29, 1.82) is 0 Å². The molecule has 4 aromatic rings. The smallest absolute Gasteiger partial charge is 0.296 e.